The second kappa shape index (κ2) is 8.88. The van der Waals surface area contributed by atoms with Gasteiger partial charge in [0, 0.05) is 40.3 Å². The highest BCUT2D eigenvalue weighted by Crippen LogP contribution is 2.25. The summed E-state index contributed by atoms with van der Waals surface area (Å²) < 4.78 is 5.23. The maximum Gasteiger partial charge on any atom is 0.257 e. The van der Waals surface area contributed by atoms with Gasteiger partial charge in [-0.25, -0.2) is 15.0 Å². The van der Waals surface area contributed by atoms with Gasteiger partial charge in [-0.2, -0.15) is 0 Å². The maximum atomic E-state index is 12.6. The van der Waals surface area contributed by atoms with Crippen molar-refractivity contribution in [2.45, 2.75) is 13.8 Å². The third-order valence-corrected chi connectivity index (χ3v) is 5.32. The molecule has 2 N–H and O–H groups in total. The van der Waals surface area contributed by atoms with E-state index < -0.39 is 0 Å². The van der Waals surface area contributed by atoms with Crippen molar-refractivity contribution in [2.24, 2.45) is 0 Å². The van der Waals surface area contributed by atoms with Gasteiger partial charge in [-0.15, -0.1) is 11.3 Å². The minimum atomic E-state index is -0.227. The number of methoxy groups -OCH3 is 1. The van der Waals surface area contributed by atoms with Crippen molar-refractivity contribution < 1.29 is 9.53 Å². The monoisotopic (exact) mass is 432 g/mol. The van der Waals surface area contributed by atoms with Crippen LogP contribution in [-0.2, 0) is 0 Å². The molecule has 0 saturated carbocycles. The molecule has 0 aliphatic heterocycles. The van der Waals surface area contributed by atoms with E-state index in [2.05, 4.69) is 30.6 Å². The van der Waals surface area contributed by atoms with Gasteiger partial charge in [0.1, 0.15) is 5.75 Å². The van der Waals surface area contributed by atoms with E-state index >= 15 is 0 Å². The molecule has 0 unspecified atom stereocenters. The lowest BCUT2D eigenvalue weighted by atomic mass is 10.1. The van der Waals surface area contributed by atoms with Gasteiger partial charge in [-0.05, 0) is 43.7 Å². The first-order valence-electron chi connectivity index (χ1n) is 9.46. The van der Waals surface area contributed by atoms with Crippen molar-refractivity contribution in [3.63, 3.8) is 0 Å². The summed E-state index contributed by atoms with van der Waals surface area (Å²) in [5.74, 6) is 0.835. The average molecular weight is 433 g/mol. The lowest BCUT2D eigenvalue weighted by Gasteiger charge is -2.11. The Balaban J connectivity index is 1.56. The minimum absolute atomic E-state index is 0.227. The number of benzene rings is 1. The molecule has 0 saturated heterocycles. The third kappa shape index (κ3) is 4.84. The molecule has 4 rings (SSSR count). The van der Waals surface area contributed by atoms with Crippen molar-refractivity contribution in [2.75, 3.05) is 17.7 Å². The summed E-state index contributed by atoms with van der Waals surface area (Å²) in [5.41, 5.74) is 3.72. The van der Waals surface area contributed by atoms with E-state index in [1.54, 1.807) is 50.1 Å². The molecule has 0 radical (unpaired) electrons. The first kappa shape index (κ1) is 20.4. The van der Waals surface area contributed by atoms with Gasteiger partial charge < -0.3 is 10.1 Å². The number of aryl methyl sites for hydroxylation is 2. The van der Waals surface area contributed by atoms with Crippen molar-refractivity contribution in [3.05, 3.63) is 71.1 Å². The van der Waals surface area contributed by atoms with Crippen LogP contribution in [0.5, 0.6) is 5.75 Å². The summed E-state index contributed by atoms with van der Waals surface area (Å²) in [6.07, 6.45) is 6.74. The predicted octanol–water partition coefficient (Wildman–Crippen LogP) is 4.62. The molecule has 0 atom stereocenters. The Morgan fingerprint density at radius 1 is 1.06 bits per heavy atom. The quantitative estimate of drug-likeness (QED) is 0.458. The first-order valence-corrected chi connectivity index (χ1v) is 10.3. The van der Waals surface area contributed by atoms with Gasteiger partial charge in [0.15, 0.2) is 5.13 Å². The molecule has 156 valence electrons. The van der Waals surface area contributed by atoms with Crippen LogP contribution in [0.2, 0.25) is 0 Å². The van der Waals surface area contributed by atoms with E-state index in [1.165, 1.54) is 11.3 Å². The van der Waals surface area contributed by atoms with E-state index in [0.717, 1.165) is 21.7 Å². The number of carbonyl (C=O) groups excluding carboxylic acids is 1. The average Bonchev–Trinajstić information content (AvgIpc) is 3.20. The van der Waals surface area contributed by atoms with Crippen LogP contribution < -0.4 is 15.4 Å². The van der Waals surface area contributed by atoms with E-state index in [4.69, 9.17) is 4.74 Å². The smallest absolute Gasteiger partial charge is 0.257 e. The number of hydrogen-bond acceptors (Lipinski definition) is 8. The number of nitrogens with one attached hydrogen (secondary N) is 2. The maximum absolute atomic E-state index is 12.6. The van der Waals surface area contributed by atoms with Crippen LogP contribution in [0.4, 0.5) is 16.8 Å². The number of carbonyl (C=O) groups is 1. The molecule has 1 aromatic carbocycles. The summed E-state index contributed by atoms with van der Waals surface area (Å²) in [6.45, 7) is 3.89. The normalized spacial score (nSPS) is 10.5. The SMILES string of the molecule is COc1cncc(-c2ccnc(Nc3cc(C(=O)Nc4ncc(C)s4)ccc3C)n2)c1. The standard InChI is InChI=1S/C22H20N6O2S/c1-13-4-5-15(20(29)28-22-25-10-14(2)31-22)9-19(13)27-21-24-7-6-18(26-21)16-8-17(30-3)12-23-11-16/h4-12H,1-3H3,(H,24,26,27)(H,25,28,29). The van der Waals surface area contributed by atoms with Crippen molar-refractivity contribution >= 4 is 34.0 Å². The highest BCUT2D eigenvalue weighted by molar-refractivity contribution is 7.15. The highest BCUT2D eigenvalue weighted by atomic mass is 32.1. The van der Waals surface area contributed by atoms with Gasteiger partial charge in [0.25, 0.3) is 5.91 Å². The van der Waals surface area contributed by atoms with Crippen LogP contribution >= 0.6 is 11.3 Å². The van der Waals surface area contributed by atoms with Crippen LogP contribution in [0.3, 0.4) is 0 Å². The molecular weight excluding hydrogens is 412 g/mol. The zero-order chi connectivity index (χ0) is 21.8. The van der Waals surface area contributed by atoms with Crippen LogP contribution in [-0.4, -0.2) is 33.0 Å². The Labute approximate surface area is 183 Å². The second-order valence-electron chi connectivity index (χ2n) is 6.76. The third-order valence-electron chi connectivity index (χ3n) is 4.49. The number of amides is 1. The van der Waals surface area contributed by atoms with E-state index in [0.29, 0.717) is 28.1 Å². The number of anilines is 3. The molecule has 31 heavy (non-hydrogen) atoms. The van der Waals surface area contributed by atoms with Gasteiger partial charge >= 0.3 is 0 Å². The lowest BCUT2D eigenvalue weighted by molar-refractivity contribution is 0.102. The van der Waals surface area contributed by atoms with Gasteiger partial charge in [-0.1, -0.05) is 6.07 Å². The largest absolute Gasteiger partial charge is 0.495 e. The Hall–Kier alpha value is -3.85. The van der Waals surface area contributed by atoms with Crippen LogP contribution in [0.25, 0.3) is 11.3 Å². The Kier molecular flexibility index (Phi) is 5.85. The summed E-state index contributed by atoms with van der Waals surface area (Å²) in [6, 6.07) is 9.08. The van der Waals surface area contributed by atoms with Crippen molar-refractivity contribution in [1.82, 2.24) is 19.9 Å². The summed E-state index contributed by atoms with van der Waals surface area (Å²) >= 11 is 1.43. The molecule has 4 aromatic rings. The Bertz CT molecular complexity index is 1240. The number of nitrogens with zero attached hydrogens (tertiary/aromatic N) is 4. The number of aromatic nitrogens is 4. The molecule has 1 amide bonds. The molecular formula is C22H20N6O2S. The summed E-state index contributed by atoms with van der Waals surface area (Å²) in [5, 5.41) is 6.60. The van der Waals surface area contributed by atoms with E-state index in [-0.39, 0.29) is 5.91 Å². The number of hydrogen-bond donors (Lipinski definition) is 2. The van der Waals surface area contributed by atoms with E-state index in [9.17, 15) is 4.79 Å². The first-order chi connectivity index (χ1) is 15.0. The molecule has 8 nitrogen and oxygen atoms in total. The van der Waals surface area contributed by atoms with Crippen molar-refractivity contribution in [1.29, 1.82) is 0 Å². The molecule has 0 aliphatic carbocycles. The molecule has 3 aromatic heterocycles. The summed E-state index contributed by atoms with van der Waals surface area (Å²) in [7, 11) is 1.59. The Morgan fingerprint density at radius 2 is 1.94 bits per heavy atom. The zero-order valence-electron chi connectivity index (χ0n) is 17.2. The van der Waals surface area contributed by atoms with Gasteiger partial charge in [-0.3, -0.25) is 15.1 Å². The van der Waals surface area contributed by atoms with Crippen LogP contribution in [0, 0.1) is 13.8 Å². The number of thiazole rings is 1. The molecule has 0 spiro atoms. The topological polar surface area (TPSA) is 102 Å². The molecule has 0 fully saturated rings. The zero-order valence-corrected chi connectivity index (χ0v) is 18.0. The Morgan fingerprint density at radius 3 is 2.71 bits per heavy atom. The van der Waals surface area contributed by atoms with E-state index in [1.807, 2.05) is 26.0 Å². The fourth-order valence-corrected chi connectivity index (χ4v) is 3.51. The number of rotatable bonds is 6. The molecule has 0 bridgehead atoms. The van der Waals surface area contributed by atoms with Crippen molar-refractivity contribution in [3.8, 4) is 17.0 Å². The lowest BCUT2D eigenvalue weighted by Crippen LogP contribution is -2.12. The molecule has 0 aliphatic rings. The van der Waals surface area contributed by atoms with Crippen LogP contribution in [0.1, 0.15) is 20.8 Å². The minimum Gasteiger partial charge on any atom is -0.495 e. The fraction of sp³-hybridized carbons (Fsp3) is 0.136. The highest BCUT2D eigenvalue weighted by Gasteiger charge is 2.12. The van der Waals surface area contributed by atoms with Crippen LogP contribution in [0.15, 0.2) is 55.1 Å². The van der Waals surface area contributed by atoms with Gasteiger partial charge in [0.05, 0.1) is 19.0 Å². The second-order valence-corrected chi connectivity index (χ2v) is 8.00. The molecule has 3 heterocycles. The predicted molar refractivity (Wildman–Crippen MR) is 121 cm³/mol. The summed E-state index contributed by atoms with van der Waals surface area (Å²) in [4.78, 5) is 30.9. The van der Waals surface area contributed by atoms with Gasteiger partial charge in [0.2, 0.25) is 5.95 Å². The fourth-order valence-electron chi connectivity index (χ4n) is 2.85. The number of ether oxygens (including phenoxy) is 1. The number of pyridine rings is 1. The molecule has 9 heteroatoms.